The van der Waals surface area contributed by atoms with E-state index in [0.29, 0.717) is 30.1 Å². The minimum absolute atomic E-state index is 0.0185. The summed E-state index contributed by atoms with van der Waals surface area (Å²) >= 11 is 0. The van der Waals surface area contributed by atoms with E-state index in [9.17, 15) is 14.9 Å². The van der Waals surface area contributed by atoms with E-state index in [2.05, 4.69) is 20.6 Å². The molecule has 0 atom stereocenters. The number of anilines is 1. The van der Waals surface area contributed by atoms with Gasteiger partial charge in [-0.1, -0.05) is 0 Å². The number of benzene rings is 1. The molecule has 0 fully saturated rings. The number of non-ortho nitro benzene ring substituents is 1. The fourth-order valence-corrected chi connectivity index (χ4v) is 1.71. The summed E-state index contributed by atoms with van der Waals surface area (Å²) in [6.45, 7) is 0.926. The van der Waals surface area contributed by atoms with E-state index < -0.39 is 4.92 Å². The van der Waals surface area contributed by atoms with Crippen LogP contribution in [0.25, 0.3) is 11.0 Å². The van der Waals surface area contributed by atoms with Gasteiger partial charge in [0.25, 0.3) is 5.69 Å². The zero-order valence-electron chi connectivity index (χ0n) is 11.4. The molecule has 1 aromatic heterocycles. The Kier molecular flexibility index (Phi) is 4.67. The van der Waals surface area contributed by atoms with Gasteiger partial charge in [-0.25, -0.2) is 4.98 Å². The third kappa shape index (κ3) is 3.89. The number of amides is 1. The van der Waals surface area contributed by atoms with Crippen molar-refractivity contribution in [2.75, 3.05) is 32.1 Å². The Morgan fingerprint density at radius 3 is 3.05 bits per heavy atom. The monoisotopic (exact) mass is 293 g/mol. The molecule has 0 saturated carbocycles. The van der Waals surface area contributed by atoms with Crippen LogP contribution in [0, 0.1) is 10.1 Å². The number of carbonyl (C=O) groups excluding carboxylic acids is 1. The van der Waals surface area contributed by atoms with Crippen molar-refractivity contribution in [3.8, 4) is 0 Å². The molecule has 0 bridgehead atoms. The average Bonchev–Trinajstić information content (AvgIpc) is 2.87. The Labute approximate surface area is 119 Å². The largest absolute Gasteiger partial charge is 0.383 e. The molecule has 9 nitrogen and oxygen atoms in total. The van der Waals surface area contributed by atoms with Crippen molar-refractivity contribution in [1.82, 2.24) is 15.3 Å². The number of aromatic nitrogens is 2. The van der Waals surface area contributed by atoms with Crippen LogP contribution in [-0.2, 0) is 9.53 Å². The van der Waals surface area contributed by atoms with E-state index >= 15 is 0 Å². The van der Waals surface area contributed by atoms with Crippen LogP contribution in [0.1, 0.15) is 0 Å². The number of nitro groups is 1. The number of carbonyl (C=O) groups is 1. The summed E-state index contributed by atoms with van der Waals surface area (Å²) in [5, 5.41) is 16.2. The van der Waals surface area contributed by atoms with Crippen molar-refractivity contribution in [2.45, 2.75) is 0 Å². The van der Waals surface area contributed by atoms with Gasteiger partial charge < -0.3 is 20.4 Å². The highest BCUT2D eigenvalue weighted by atomic mass is 16.6. The lowest BCUT2D eigenvalue weighted by molar-refractivity contribution is -0.384. The molecule has 0 spiro atoms. The number of hydrogen-bond donors (Lipinski definition) is 3. The van der Waals surface area contributed by atoms with Crippen molar-refractivity contribution in [3.63, 3.8) is 0 Å². The highest BCUT2D eigenvalue weighted by Gasteiger charge is 2.10. The highest BCUT2D eigenvalue weighted by molar-refractivity contribution is 5.82. The summed E-state index contributed by atoms with van der Waals surface area (Å²) in [7, 11) is 1.55. The molecule has 9 heteroatoms. The number of hydrogen-bond acceptors (Lipinski definition) is 6. The number of methoxy groups -OCH3 is 1. The zero-order valence-corrected chi connectivity index (χ0v) is 11.4. The summed E-state index contributed by atoms with van der Waals surface area (Å²) < 4.78 is 4.82. The number of imidazole rings is 1. The lowest BCUT2D eigenvalue weighted by atomic mass is 10.3. The quantitative estimate of drug-likeness (QED) is 0.391. The van der Waals surface area contributed by atoms with E-state index in [0.717, 1.165) is 0 Å². The van der Waals surface area contributed by atoms with Crippen LogP contribution in [0.4, 0.5) is 11.6 Å². The molecule has 2 rings (SSSR count). The number of nitrogens with zero attached hydrogens (tertiary/aromatic N) is 2. The molecule has 2 aromatic rings. The van der Waals surface area contributed by atoms with Gasteiger partial charge in [0, 0.05) is 25.8 Å². The molecule has 0 unspecified atom stereocenters. The summed E-state index contributed by atoms with van der Waals surface area (Å²) in [5.74, 6) is 0.186. The number of H-pyrrole nitrogens is 1. The maximum absolute atomic E-state index is 11.5. The van der Waals surface area contributed by atoms with Gasteiger partial charge in [0.05, 0.1) is 29.1 Å². The summed E-state index contributed by atoms with van der Waals surface area (Å²) in [5.41, 5.74) is 1.10. The molecule has 1 aromatic carbocycles. The minimum Gasteiger partial charge on any atom is -0.383 e. The molecule has 0 aliphatic carbocycles. The van der Waals surface area contributed by atoms with Crippen molar-refractivity contribution in [3.05, 3.63) is 28.3 Å². The maximum Gasteiger partial charge on any atom is 0.271 e. The first-order chi connectivity index (χ1) is 10.1. The Morgan fingerprint density at radius 2 is 2.33 bits per heavy atom. The number of nitrogens with one attached hydrogen (secondary N) is 3. The Bertz CT molecular complexity index is 654. The predicted octanol–water partition coefficient (Wildman–Crippen LogP) is 0.646. The fraction of sp³-hybridized carbons (Fsp3) is 0.333. The molecule has 112 valence electrons. The third-order valence-electron chi connectivity index (χ3n) is 2.72. The Hall–Kier alpha value is -2.68. The van der Waals surface area contributed by atoms with Crippen LogP contribution in [0.2, 0.25) is 0 Å². The van der Waals surface area contributed by atoms with Gasteiger partial charge >= 0.3 is 0 Å². The van der Waals surface area contributed by atoms with Gasteiger partial charge in [-0.15, -0.1) is 0 Å². The number of aromatic amines is 1. The second kappa shape index (κ2) is 6.66. The zero-order chi connectivity index (χ0) is 15.2. The number of ether oxygens (including phenoxy) is 1. The molecule has 3 N–H and O–H groups in total. The highest BCUT2D eigenvalue weighted by Crippen LogP contribution is 2.20. The van der Waals surface area contributed by atoms with Crippen LogP contribution >= 0.6 is 0 Å². The first-order valence-corrected chi connectivity index (χ1v) is 6.24. The summed E-state index contributed by atoms with van der Waals surface area (Å²) in [6, 6.07) is 4.32. The predicted molar refractivity (Wildman–Crippen MR) is 76.1 cm³/mol. The second-order valence-corrected chi connectivity index (χ2v) is 4.24. The smallest absolute Gasteiger partial charge is 0.271 e. The lowest BCUT2D eigenvalue weighted by Gasteiger charge is -2.04. The van der Waals surface area contributed by atoms with Crippen molar-refractivity contribution in [1.29, 1.82) is 0 Å². The van der Waals surface area contributed by atoms with Crippen LogP contribution < -0.4 is 10.6 Å². The molecule has 0 saturated heterocycles. The van der Waals surface area contributed by atoms with Crippen molar-refractivity contribution in [2.24, 2.45) is 0 Å². The van der Waals surface area contributed by atoms with Crippen molar-refractivity contribution < 1.29 is 14.5 Å². The number of rotatable bonds is 7. The van der Waals surface area contributed by atoms with Gasteiger partial charge in [-0.3, -0.25) is 14.9 Å². The first-order valence-electron chi connectivity index (χ1n) is 6.24. The average molecular weight is 293 g/mol. The van der Waals surface area contributed by atoms with E-state index in [4.69, 9.17) is 4.74 Å². The van der Waals surface area contributed by atoms with Gasteiger partial charge in [0.15, 0.2) is 0 Å². The molecule has 1 heterocycles. The van der Waals surface area contributed by atoms with Gasteiger partial charge in [-0.2, -0.15) is 0 Å². The van der Waals surface area contributed by atoms with Gasteiger partial charge in [0.1, 0.15) is 0 Å². The van der Waals surface area contributed by atoms with Gasteiger partial charge in [-0.05, 0) is 6.07 Å². The van der Waals surface area contributed by atoms with E-state index in [1.807, 2.05) is 0 Å². The molecular formula is C12H15N5O4. The van der Waals surface area contributed by atoms with Crippen LogP contribution in [0.5, 0.6) is 0 Å². The van der Waals surface area contributed by atoms with E-state index in [-0.39, 0.29) is 18.1 Å². The first kappa shape index (κ1) is 14.7. The standard InChI is InChI=1S/C12H15N5O4/c1-21-5-4-13-11(18)7-14-12-15-9-3-2-8(17(19)20)6-10(9)16-12/h2-3,6H,4-5,7H2,1H3,(H,13,18)(H2,14,15,16). The van der Waals surface area contributed by atoms with E-state index in [1.54, 1.807) is 13.2 Å². The molecule has 0 aliphatic rings. The maximum atomic E-state index is 11.5. The van der Waals surface area contributed by atoms with Crippen molar-refractivity contribution >= 4 is 28.6 Å². The lowest BCUT2D eigenvalue weighted by Crippen LogP contribution is -2.32. The van der Waals surface area contributed by atoms with E-state index in [1.165, 1.54) is 12.1 Å². The fourth-order valence-electron chi connectivity index (χ4n) is 1.71. The van der Waals surface area contributed by atoms with Gasteiger partial charge in [0.2, 0.25) is 11.9 Å². The number of nitro benzene ring substituents is 1. The number of fused-ring (bicyclic) bond motifs is 1. The molecule has 0 radical (unpaired) electrons. The normalized spacial score (nSPS) is 10.5. The Balaban J connectivity index is 1.96. The molecule has 1 amide bonds. The van der Waals surface area contributed by atoms with Crippen LogP contribution in [0.15, 0.2) is 18.2 Å². The summed E-state index contributed by atoms with van der Waals surface area (Å²) in [6.07, 6.45) is 0. The third-order valence-corrected chi connectivity index (χ3v) is 2.72. The topological polar surface area (TPSA) is 122 Å². The molecular weight excluding hydrogens is 278 g/mol. The van der Waals surface area contributed by atoms with Crippen LogP contribution in [-0.4, -0.2) is 47.6 Å². The molecule has 0 aliphatic heterocycles. The Morgan fingerprint density at radius 1 is 1.52 bits per heavy atom. The molecule has 21 heavy (non-hydrogen) atoms. The SMILES string of the molecule is COCCNC(=O)CNc1nc2ccc([N+](=O)[O-])cc2[nH]1. The minimum atomic E-state index is -0.476. The second-order valence-electron chi connectivity index (χ2n) is 4.24. The summed E-state index contributed by atoms with van der Waals surface area (Å²) in [4.78, 5) is 28.8. The van der Waals surface area contributed by atoms with Crippen LogP contribution in [0.3, 0.4) is 0 Å².